The Hall–Kier alpha value is -1.33. The lowest BCUT2D eigenvalue weighted by molar-refractivity contribution is 1.13. The highest BCUT2D eigenvalue weighted by Crippen LogP contribution is 2.31. The van der Waals surface area contributed by atoms with Gasteiger partial charge in [-0.15, -0.1) is 0 Å². The van der Waals surface area contributed by atoms with Crippen molar-refractivity contribution in [1.29, 1.82) is 5.41 Å². The molecule has 0 spiro atoms. The van der Waals surface area contributed by atoms with E-state index in [9.17, 15) is 0 Å². The molecule has 0 aliphatic heterocycles. The molecule has 5 heteroatoms. The molecule has 0 atom stereocenters. The number of amidine groups is 1. The number of nitrogens with two attached hydrogens (primary N) is 1. The largest absolute Gasteiger partial charge is 0.384 e. The van der Waals surface area contributed by atoms with Crippen molar-refractivity contribution in [3.63, 3.8) is 0 Å². The highest BCUT2D eigenvalue weighted by Gasteiger charge is 2.08. The third-order valence-electron chi connectivity index (χ3n) is 2.09. The molecule has 0 aliphatic rings. The van der Waals surface area contributed by atoms with Gasteiger partial charge in [-0.2, -0.15) is 0 Å². The monoisotopic (exact) mass is 307 g/mol. The number of rotatable bonds is 3. The first-order valence-electron chi connectivity index (χ1n) is 4.89. The summed E-state index contributed by atoms with van der Waals surface area (Å²) in [7, 11) is 0. The lowest BCUT2D eigenvalue weighted by Gasteiger charge is -2.07. The molecule has 17 heavy (non-hydrogen) atoms. The molecule has 0 amide bonds. The van der Waals surface area contributed by atoms with Gasteiger partial charge in [0.25, 0.3) is 0 Å². The Morgan fingerprint density at radius 3 is 2.76 bits per heavy atom. The van der Waals surface area contributed by atoms with E-state index in [1.165, 1.54) is 11.8 Å². The Kier molecular flexibility index (Phi) is 3.81. The average molecular weight is 308 g/mol. The standard InChI is InChI=1S/C12H10BrN3S/c13-8-4-5-9(12(14)15)10(7-8)17-11-3-1-2-6-16-11/h1-7H,(H3,14,15). The van der Waals surface area contributed by atoms with Gasteiger partial charge in [0.15, 0.2) is 0 Å². The van der Waals surface area contributed by atoms with Crippen LogP contribution in [0.5, 0.6) is 0 Å². The fourth-order valence-corrected chi connectivity index (χ4v) is 2.80. The first-order valence-corrected chi connectivity index (χ1v) is 6.50. The molecular weight excluding hydrogens is 298 g/mol. The first-order chi connectivity index (χ1) is 8.16. The van der Waals surface area contributed by atoms with Crippen LogP contribution in [0, 0.1) is 5.41 Å². The number of nitrogen functional groups attached to an aromatic ring is 1. The van der Waals surface area contributed by atoms with Crippen LogP contribution in [0.25, 0.3) is 0 Å². The van der Waals surface area contributed by atoms with Gasteiger partial charge in [0.2, 0.25) is 0 Å². The zero-order valence-corrected chi connectivity index (χ0v) is 11.3. The summed E-state index contributed by atoms with van der Waals surface area (Å²) in [6.07, 6.45) is 1.74. The van der Waals surface area contributed by atoms with Gasteiger partial charge in [0, 0.05) is 21.1 Å². The number of pyridine rings is 1. The molecule has 1 heterocycles. The van der Waals surface area contributed by atoms with E-state index in [-0.39, 0.29) is 5.84 Å². The van der Waals surface area contributed by atoms with Crippen molar-refractivity contribution in [2.24, 2.45) is 5.73 Å². The SMILES string of the molecule is N=C(N)c1ccc(Br)cc1Sc1ccccn1. The van der Waals surface area contributed by atoms with E-state index in [1.54, 1.807) is 6.20 Å². The van der Waals surface area contributed by atoms with Crippen LogP contribution in [0.2, 0.25) is 0 Å². The third kappa shape index (κ3) is 3.08. The number of nitrogens with zero attached hydrogens (tertiary/aromatic N) is 1. The van der Waals surface area contributed by atoms with Gasteiger partial charge < -0.3 is 5.73 Å². The third-order valence-corrected chi connectivity index (χ3v) is 3.59. The maximum absolute atomic E-state index is 7.54. The van der Waals surface area contributed by atoms with Crippen LogP contribution in [0.1, 0.15) is 5.56 Å². The summed E-state index contributed by atoms with van der Waals surface area (Å²) in [6.45, 7) is 0. The van der Waals surface area contributed by atoms with Crippen LogP contribution in [-0.2, 0) is 0 Å². The van der Waals surface area contributed by atoms with E-state index >= 15 is 0 Å². The van der Waals surface area contributed by atoms with E-state index in [0.717, 1.165) is 20.0 Å². The summed E-state index contributed by atoms with van der Waals surface area (Å²) in [5.74, 6) is 0.0657. The lowest BCUT2D eigenvalue weighted by Crippen LogP contribution is -2.12. The Bertz CT molecular complexity index is 543. The van der Waals surface area contributed by atoms with Gasteiger partial charge in [0.05, 0.1) is 0 Å². The van der Waals surface area contributed by atoms with Gasteiger partial charge in [-0.05, 0) is 30.3 Å². The molecule has 3 nitrogen and oxygen atoms in total. The number of benzene rings is 1. The van der Waals surface area contributed by atoms with Crippen molar-refractivity contribution in [1.82, 2.24) is 4.98 Å². The summed E-state index contributed by atoms with van der Waals surface area (Å²) >= 11 is 4.91. The van der Waals surface area contributed by atoms with E-state index in [1.807, 2.05) is 36.4 Å². The highest BCUT2D eigenvalue weighted by atomic mass is 79.9. The summed E-state index contributed by atoms with van der Waals surface area (Å²) in [6, 6.07) is 11.4. The smallest absolute Gasteiger partial charge is 0.123 e. The van der Waals surface area contributed by atoms with Gasteiger partial charge in [-0.3, -0.25) is 5.41 Å². The maximum atomic E-state index is 7.54. The van der Waals surface area contributed by atoms with Crippen molar-refractivity contribution >= 4 is 33.5 Å². The minimum absolute atomic E-state index is 0.0657. The second-order valence-electron chi connectivity index (χ2n) is 3.32. The predicted octanol–water partition coefficient (Wildman–Crippen LogP) is 3.28. The Labute approximate surface area is 112 Å². The number of hydrogen-bond acceptors (Lipinski definition) is 3. The Balaban J connectivity index is 2.37. The molecule has 0 radical (unpaired) electrons. The Morgan fingerprint density at radius 1 is 1.29 bits per heavy atom. The summed E-state index contributed by atoms with van der Waals surface area (Å²) in [5, 5.41) is 8.42. The van der Waals surface area contributed by atoms with Crippen LogP contribution in [0.3, 0.4) is 0 Å². The van der Waals surface area contributed by atoms with Gasteiger partial charge in [0.1, 0.15) is 10.9 Å². The molecule has 0 saturated carbocycles. The van der Waals surface area contributed by atoms with Crippen molar-refractivity contribution in [3.05, 3.63) is 52.6 Å². The summed E-state index contributed by atoms with van der Waals surface area (Å²) in [4.78, 5) is 5.16. The van der Waals surface area contributed by atoms with Gasteiger partial charge in [-0.1, -0.05) is 33.8 Å². The number of hydrogen-bond donors (Lipinski definition) is 2. The second kappa shape index (κ2) is 5.33. The summed E-state index contributed by atoms with van der Waals surface area (Å²) < 4.78 is 0.959. The molecule has 2 aromatic rings. The molecule has 3 N–H and O–H groups in total. The zero-order chi connectivity index (χ0) is 12.3. The van der Waals surface area contributed by atoms with E-state index in [0.29, 0.717) is 0 Å². The molecule has 1 aromatic carbocycles. The van der Waals surface area contributed by atoms with E-state index in [4.69, 9.17) is 11.1 Å². The molecule has 0 aliphatic carbocycles. The van der Waals surface area contributed by atoms with E-state index < -0.39 is 0 Å². The van der Waals surface area contributed by atoms with Crippen molar-refractivity contribution in [3.8, 4) is 0 Å². The van der Waals surface area contributed by atoms with Crippen LogP contribution in [0.4, 0.5) is 0 Å². The first kappa shape index (κ1) is 12.1. The fraction of sp³-hybridized carbons (Fsp3) is 0. The molecule has 1 aromatic heterocycles. The molecule has 86 valence electrons. The Morgan fingerprint density at radius 2 is 2.12 bits per heavy atom. The van der Waals surface area contributed by atoms with Crippen molar-refractivity contribution < 1.29 is 0 Å². The van der Waals surface area contributed by atoms with Gasteiger partial charge >= 0.3 is 0 Å². The average Bonchev–Trinajstić information content (AvgIpc) is 2.30. The van der Waals surface area contributed by atoms with Crippen LogP contribution in [0.15, 0.2) is 57.0 Å². The van der Waals surface area contributed by atoms with Crippen molar-refractivity contribution in [2.75, 3.05) is 0 Å². The topological polar surface area (TPSA) is 62.8 Å². The number of nitrogens with one attached hydrogen (secondary N) is 1. The molecule has 0 unspecified atom stereocenters. The minimum Gasteiger partial charge on any atom is -0.384 e. The molecular formula is C12H10BrN3S. The molecule has 0 saturated heterocycles. The quantitative estimate of drug-likeness (QED) is 0.675. The van der Waals surface area contributed by atoms with Crippen LogP contribution < -0.4 is 5.73 Å². The van der Waals surface area contributed by atoms with Crippen molar-refractivity contribution in [2.45, 2.75) is 9.92 Å². The zero-order valence-electron chi connectivity index (χ0n) is 8.85. The number of aromatic nitrogens is 1. The maximum Gasteiger partial charge on any atom is 0.123 e. The van der Waals surface area contributed by atoms with Crippen LogP contribution in [-0.4, -0.2) is 10.8 Å². The normalized spacial score (nSPS) is 10.2. The lowest BCUT2D eigenvalue weighted by atomic mass is 10.2. The second-order valence-corrected chi connectivity index (χ2v) is 5.30. The fourth-order valence-electron chi connectivity index (χ4n) is 1.32. The minimum atomic E-state index is 0.0657. The molecule has 0 bridgehead atoms. The van der Waals surface area contributed by atoms with E-state index in [2.05, 4.69) is 20.9 Å². The molecule has 0 fully saturated rings. The number of halogens is 1. The van der Waals surface area contributed by atoms with Gasteiger partial charge in [-0.25, -0.2) is 4.98 Å². The summed E-state index contributed by atoms with van der Waals surface area (Å²) in [5.41, 5.74) is 6.28. The predicted molar refractivity (Wildman–Crippen MR) is 73.5 cm³/mol. The van der Waals surface area contributed by atoms with Crippen LogP contribution >= 0.6 is 27.7 Å². The molecule has 2 rings (SSSR count). The highest BCUT2D eigenvalue weighted by molar-refractivity contribution is 9.10.